The highest BCUT2D eigenvalue weighted by Gasteiger charge is 2.36. The Morgan fingerprint density at radius 3 is 2.72 bits per heavy atom. The van der Waals surface area contributed by atoms with Gasteiger partial charge in [-0.1, -0.05) is 18.2 Å². The molecular weight excluding hydrogens is 418 g/mol. The molecule has 32 heavy (non-hydrogen) atoms. The van der Waals surface area contributed by atoms with Gasteiger partial charge in [-0.2, -0.15) is 0 Å². The molecule has 0 aliphatic carbocycles. The second-order valence-electron chi connectivity index (χ2n) is 7.72. The van der Waals surface area contributed by atoms with Crippen molar-refractivity contribution in [2.45, 2.75) is 37.4 Å². The molecule has 2 aromatic rings. The number of H-pyrrole nitrogens is 1. The van der Waals surface area contributed by atoms with Gasteiger partial charge in [-0.3, -0.25) is 14.4 Å². The predicted octanol–water partition coefficient (Wildman–Crippen LogP) is -1.29. The summed E-state index contributed by atoms with van der Waals surface area (Å²) < 4.78 is 0. The number of hydrogen-bond donors (Lipinski definition) is 6. The molecule has 0 radical (unpaired) electrons. The maximum absolute atomic E-state index is 12.5. The highest BCUT2D eigenvalue weighted by molar-refractivity contribution is 5.93. The molecule has 0 spiro atoms. The normalized spacial score (nSPS) is 17.7. The first-order valence-electron chi connectivity index (χ1n) is 10.3. The lowest BCUT2D eigenvalue weighted by Crippen LogP contribution is -2.53. The van der Waals surface area contributed by atoms with E-state index < -0.39 is 55.0 Å². The van der Waals surface area contributed by atoms with Crippen LogP contribution in [0.25, 0.3) is 10.9 Å². The first-order chi connectivity index (χ1) is 15.3. The number of carboxylic acid groups (broad SMARTS) is 1. The van der Waals surface area contributed by atoms with E-state index in [0.717, 1.165) is 16.5 Å². The topological polar surface area (TPSA) is 178 Å². The van der Waals surface area contributed by atoms with E-state index in [1.54, 1.807) is 6.20 Å². The van der Waals surface area contributed by atoms with Crippen molar-refractivity contribution >= 4 is 34.6 Å². The molecule has 172 valence electrons. The predicted molar refractivity (Wildman–Crippen MR) is 114 cm³/mol. The lowest BCUT2D eigenvalue weighted by molar-refractivity contribution is -0.142. The fraction of sp³-hybridized carbons (Fsp3) is 0.429. The Labute approximate surface area is 183 Å². The van der Waals surface area contributed by atoms with Gasteiger partial charge in [-0.15, -0.1) is 0 Å². The molecule has 11 heteroatoms. The second kappa shape index (κ2) is 10.2. The van der Waals surface area contributed by atoms with E-state index in [2.05, 4.69) is 15.6 Å². The average Bonchev–Trinajstić information content (AvgIpc) is 3.43. The average molecular weight is 445 g/mol. The number of aliphatic hydroxyl groups excluding tert-OH is 1. The number of aliphatic hydroxyl groups is 1. The van der Waals surface area contributed by atoms with Crippen LogP contribution in [0.3, 0.4) is 0 Å². The van der Waals surface area contributed by atoms with Gasteiger partial charge in [0, 0.05) is 30.1 Å². The number of nitrogens with one attached hydrogen (secondary N) is 3. The van der Waals surface area contributed by atoms with Gasteiger partial charge in [0.15, 0.2) is 0 Å². The van der Waals surface area contributed by atoms with Crippen molar-refractivity contribution in [2.75, 3.05) is 19.7 Å². The van der Waals surface area contributed by atoms with Gasteiger partial charge in [0.05, 0.1) is 13.2 Å². The number of carbonyl (C=O) groups is 4. The number of aliphatic carboxylic acids is 1. The summed E-state index contributed by atoms with van der Waals surface area (Å²) in [5.41, 5.74) is 7.17. The van der Waals surface area contributed by atoms with Gasteiger partial charge in [0.25, 0.3) is 0 Å². The first kappa shape index (κ1) is 23.2. The molecule has 11 nitrogen and oxygen atoms in total. The molecule has 1 aliphatic rings. The van der Waals surface area contributed by atoms with E-state index in [1.807, 2.05) is 24.3 Å². The van der Waals surface area contributed by atoms with Crippen molar-refractivity contribution in [3.63, 3.8) is 0 Å². The summed E-state index contributed by atoms with van der Waals surface area (Å²) in [5.74, 6) is -2.91. The molecule has 1 aromatic heterocycles. The van der Waals surface area contributed by atoms with Crippen LogP contribution in [0.5, 0.6) is 0 Å². The van der Waals surface area contributed by atoms with Crippen LogP contribution in [0.15, 0.2) is 30.5 Å². The second-order valence-corrected chi connectivity index (χ2v) is 7.72. The van der Waals surface area contributed by atoms with Crippen molar-refractivity contribution in [2.24, 2.45) is 5.73 Å². The minimum absolute atomic E-state index is 0.0724. The number of hydrogen-bond acceptors (Lipinski definition) is 6. The molecule has 7 N–H and O–H groups in total. The molecule has 1 fully saturated rings. The van der Waals surface area contributed by atoms with Gasteiger partial charge >= 0.3 is 5.97 Å². The maximum Gasteiger partial charge on any atom is 0.326 e. The minimum Gasteiger partial charge on any atom is -0.480 e. The minimum atomic E-state index is -1.19. The summed E-state index contributed by atoms with van der Waals surface area (Å²) in [7, 11) is 0. The first-order valence-corrected chi connectivity index (χ1v) is 10.3. The van der Waals surface area contributed by atoms with Crippen LogP contribution < -0.4 is 16.4 Å². The number of rotatable bonds is 9. The number of fused-ring (bicyclic) bond motifs is 1. The van der Waals surface area contributed by atoms with Crippen LogP contribution >= 0.6 is 0 Å². The molecule has 1 saturated heterocycles. The Kier molecular flexibility index (Phi) is 7.44. The molecule has 3 amide bonds. The SMILES string of the molecule is NC(CO)C(=O)N1CCCC1C(=O)NCC(=O)NC(Cc1c[nH]c2ccccc12)C(=O)O. The third-order valence-electron chi connectivity index (χ3n) is 5.51. The number of likely N-dealkylation sites (tertiary alicyclic amines) is 1. The third kappa shape index (κ3) is 5.24. The van der Waals surface area contributed by atoms with Crippen molar-refractivity contribution in [1.29, 1.82) is 0 Å². The van der Waals surface area contributed by atoms with E-state index in [4.69, 9.17) is 10.8 Å². The van der Waals surface area contributed by atoms with E-state index in [-0.39, 0.29) is 6.42 Å². The fourth-order valence-corrected chi connectivity index (χ4v) is 3.85. The largest absolute Gasteiger partial charge is 0.480 e. The van der Waals surface area contributed by atoms with E-state index in [1.165, 1.54) is 4.90 Å². The van der Waals surface area contributed by atoms with Crippen LogP contribution in [0.2, 0.25) is 0 Å². The zero-order chi connectivity index (χ0) is 23.3. The standard InChI is InChI=1S/C21H27N5O6/c22-14(11-27)20(30)26-7-3-6-17(26)19(29)24-10-18(28)25-16(21(31)32)8-12-9-23-15-5-2-1-4-13(12)15/h1-2,4-5,9,14,16-17,23,27H,3,6-8,10-11,22H2,(H,24,29)(H,25,28)(H,31,32). The molecule has 3 unspecified atom stereocenters. The zero-order valence-corrected chi connectivity index (χ0v) is 17.4. The van der Waals surface area contributed by atoms with Crippen molar-refractivity contribution in [1.82, 2.24) is 20.5 Å². The van der Waals surface area contributed by atoms with Gasteiger partial charge in [0.1, 0.15) is 18.1 Å². The molecule has 0 saturated carbocycles. The Morgan fingerprint density at radius 1 is 1.25 bits per heavy atom. The lowest BCUT2D eigenvalue weighted by atomic mass is 10.0. The smallest absolute Gasteiger partial charge is 0.326 e. The summed E-state index contributed by atoms with van der Waals surface area (Å²) >= 11 is 0. The molecule has 3 rings (SSSR count). The molecule has 2 heterocycles. The number of amides is 3. The summed E-state index contributed by atoms with van der Waals surface area (Å²) in [5, 5.41) is 24.3. The molecular formula is C21H27N5O6. The number of benzene rings is 1. The fourth-order valence-electron chi connectivity index (χ4n) is 3.85. The highest BCUT2D eigenvalue weighted by atomic mass is 16.4. The van der Waals surface area contributed by atoms with Crippen LogP contribution in [0.4, 0.5) is 0 Å². The Bertz CT molecular complexity index is 1010. The Morgan fingerprint density at radius 2 is 2.00 bits per heavy atom. The van der Waals surface area contributed by atoms with Crippen LogP contribution in [0.1, 0.15) is 18.4 Å². The molecule has 1 aromatic carbocycles. The van der Waals surface area contributed by atoms with Gasteiger partial charge < -0.3 is 36.5 Å². The number of carboxylic acids is 1. The summed E-state index contributed by atoms with van der Waals surface area (Å²) in [4.78, 5) is 53.0. The quantitative estimate of drug-likeness (QED) is 0.278. The third-order valence-corrected chi connectivity index (χ3v) is 5.51. The Hall–Kier alpha value is -3.44. The van der Waals surface area contributed by atoms with Crippen molar-refractivity contribution in [3.05, 3.63) is 36.0 Å². The van der Waals surface area contributed by atoms with Crippen LogP contribution in [0, 0.1) is 0 Å². The molecule has 3 atom stereocenters. The van der Waals surface area contributed by atoms with Gasteiger partial charge in [0.2, 0.25) is 17.7 Å². The van der Waals surface area contributed by atoms with E-state index in [0.29, 0.717) is 19.4 Å². The number of carbonyl (C=O) groups excluding carboxylic acids is 3. The van der Waals surface area contributed by atoms with Crippen molar-refractivity contribution < 1.29 is 29.4 Å². The molecule has 1 aliphatic heterocycles. The Balaban J connectivity index is 1.56. The zero-order valence-electron chi connectivity index (χ0n) is 17.4. The van der Waals surface area contributed by atoms with Crippen LogP contribution in [-0.2, 0) is 25.6 Å². The number of aromatic nitrogens is 1. The lowest BCUT2D eigenvalue weighted by Gasteiger charge is -2.26. The summed E-state index contributed by atoms with van der Waals surface area (Å²) in [6.45, 7) is -0.622. The van der Waals surface area contributed by atoms with Crippen molar-refractivity contribution in [3.8, 4) is 0 Å². The number of nitrogens with zero attached hydrogens (tertiary/aromatic N) is 1. The highest BCUT2D eigenvalue weighted by Crippen LogP contribution is 2.20. The number of para-hydroxylation sites is 1. The van der Waals surface area contributed by atoms with E-state index in [9.17, 15) is 24.3 Å². The van der Waals surface area contributed by atoms with Crippen LogP contribution in [-0.4, -0.2) is 81.6 Å². The van der Waals surface area contributed by atoms with Gasteiger partial charge in [-0.05, 0) is 24.5 Å². The monoisotopic (exact) mass is 445 g/mol. The molecule has 0 bridgehead atoms. The number of aromatic amines is 1. The maximum atomic E-state index is 12.5. The number of nitrogens with two attached hydrogens (primary N) is 1. The summed E-state index contributed by atoms with van der Waals surface area (Å²) in [6.07, 6.45) is 2.79. The van der Waals surface area contributed by atoms with E-state index >= 15 is 0 Å². The van der Waals surface area contributed by atoms with Gasteiger partial charge in [-0.25, -0.2) is 4.79 Å². The summed E-state index contributed by atoms with van der Waals surface area (Å²) in [6, 6.07) is 4.37.